The monoisotopic (exact) mass is 541 g/mol. The fraction of sp³-hybridized carbons (Fsp3) is 0.375. The van der Waals surface area contributed by atoms with Crippen LogP contribution in [0.15, 0.2) is 84.9 Å². The van der Waals surface area contributed by atoms with Crippen molar-refractivity contribution < 1.29 is 23.8 Å². The first kappa shape index (κ1) is 26.3. The zero-order valence-corrected chi connectivity index (χ0v) is 22.9. The van der Waals surface area contributed by atoms with Crippen LogP contribution in [0.1, 0.15) is 26.7 Å². The highest BCUT2D eigenvalue weighted by molar-refractivity contribution is 6.03. The lowest BCUT2D eigenvalue weighted by atomic mass is 9.73. The van der Waals surface area contributed by atoms with Gasteiger partial charge in [0.05, 0.1) is 19.3 Å². The standard InChI is InChI=1S/C32H35N3O5/c1-32(2)39-26-18-24-25(19-27(26)40-32)29(31(37)34-21-12-8-5-9-13-21)35(22-14-16-23(38-3)17-15-22)28(24)30(36)33-20-10-6-4-7-11-20/h4-17,24-29H,18-19H2,1-3H3,(H,33,36)(H,34,37)/t24-,25+,26-,27+,28-,29+. The van der Waals surface area contributed by atoms with Crippen molar-refractivity contribution in [3.63, 3.8) is 0 Å². The quantitative estimate of drug-likeness (QED) is 0.453. The number of benzene rings is 3. The number of rotatable bonds is 6. The van der Waals surface area contributed by atoms with Gasteiger partial charge in [0.1, 0.15) is 17.8 Å². The molecule has 0 radical (unpaired) electrons. The summed E-state index contributed by atoms with van der Waals surface area (Å²) in [6, 6.07) is 25.2. The number of hydrogen-bond acceptors (Lipinski definition) is 6. The Labute approximate surface area is 234 Å². The largest absolute Gasteiger partial charge is 0.497 e. The van der Waals surface area contributed by atoms with Gasteiger partial charge in [-0.2, -0.15) is 0 Å². The van der Waals surface area contributed by atoms with Crippen LogP contribution in [0.4, 0.5) is 17.1 Å². The van der Waals surface area contributed by atoms with Crippen LogP contribution >= 0.6 is 0 Å². The summed E-state index contributed by atoms with van der Waals surface area (Å²) in [6.45, 7) is 3.84. The van der Waals surface area contributed by atoms with Gasteiger partial charge in [0.2, 0.25) is 11.8 Å². The molecular formula is C32H35N3O5. The summed E-state index contributed by atoms with van der Waals surface area (Å²) in [5.41, 5.74) is 2.21. The Bertz CT molecular complexity index is 1270. The van der Waals surface area contributed by atoms with Crippen molar-refractivity contribution >= 4 is 28.9 Å². The molecule has 0 aromatic heterocycles. The number of nitrogens with one attached hydrogen (secondary N) is 2. The van der Waals surface area contributed by atoms with Crippen LogP contribution in [-0.2, 0) is 19.1 Å². The molecule has 0 bridgehead atoms. The highest BCUT2D eigenvalue weighted by Crippen LogP contribution is 2.51. The van der Waals surface area contributed by atoms with Gasteiger partial charge < -0.3 is 29.7 Å². The molecule has 1 saturated carbocycles. The number of carbonyl (C=O) groups is 2. The number of methoxy groups -OCH3 is 1. The van der Waals surface area contributed by atoms with E-state index < -0.39 is 17.9 Å². The summed E-state index contributed by atoms with van der Waals surface area (Å²) >= 11 is 0. The number of para-hydroxylation sites is 2. The van der Waals surface area contributed by atoms with E-state index in [-0.39, 0.29) is 35.9 Å². The van der Waals surface area contributed by atoms with Crippen LogP contribution < -0.4 is 20.3 Å². The second-order valence-corrected chi connectivity index (χ2v) is 11.2. The molecule has 2 heterocycles. The normalized spacial score (nSPS) is 28.3. The Morgan fingerprint density at radius 2 is 1.20 bits per heavy atom. The van der Waals surface area contributed by atoms with E-state index >= 15 is 0 Å². The molecule has 208 valence electrons. The number of amides is 2. The topological polar surface area (TPSA) is 89.1 Å². The van der Waals surface area contributed by atoms with Crippen molar-refractivity contribution in [1.29, 1.82) is 0 Å². The van der Waals surface area contributed by atoms with Gasteiger partial charge in [-0.15, -0.1) is 0 Å². The molecule has 2 N–H and O–H groups in total. The summed E-state index contributed by atoms with van der Waals surface area (Å²) in [6.07, 6.45) is 0.953. The maximum Gasteiger partial charge on any atom is 0.247 e. The molecule has 3 aromatic rings. The second kappa shape index (κ2) is 10.6. The summed E-state index contributed by atoms with van der Waals surface area (Å²) < 4.78 is 18.0. The molecule has 6 atom stereocenters. The van der Waals surface area contributed by atoms with Crippen LogP contribution in [0.5, 0.6) is 5.75 Å². The Morgan fingerprint density at radius 1 is 0.750 bits per heavy atom. The van der Waals surface area contributed by atoms with Crippen LogP contribution in [0.2, 0.25) is 0 Å². The van der Waals surface area contributed by atoms with Gasteiger partial charge in [0.25, 0.3) is 0 Å². The molecule has 40 heavy (non-hydrogen) atoms. The number of fused-ring (bicyclic) bond motifs is 2. The predicted molar refractivity (Wildman–Crippen MR) is 153 cm³/mol. The predicted octanol–water partition coefficient (Wildman–Crippen LogP) is 5.08. The van der Waals surface area contributed by atoms with Gasteiger partial charge in [0, 0.05) is 17.1 Å². The first-order valence-electron chi connectivity index (χ1n) is 13.8. The third-order valence-corrected chi connectivity index (χ3v) is 8.24. The van der Waals surface area contributed by atoms with E-state index in [9.17, 15) is 9.59 Å². The first-order valence-corrected chi connectivity index (χ1v) is 13.8. The average molecular weight is 542 g/mol. The molecule has 3 aromatic carbocycles. The molecule has 3 fully saturated rings. The smallest absolute Gasteiger partial charge is 0.247 e. The number of nitrogens with zero attached hydrogens (tertiary/aromatic N) is 1. The summed E-state index contributed by atoms with van der Waals surface area (Å²) in [5, 5.41) is 6.23. The first-order chi connectivity index (χ1) is 19.3. The van der Waals surface area contributed by atoms with E-state index in [1.54, 1.807) is 7.11 Å². The minimum Gasteiger partial charge on any atom is -0.497 e. The second-order valence-electron chi connectivity index (χ2n) is 11.2. The van der Waals surface area contributed by atoms with Gasteiger partial charge in [-0.1, -0.05) is 36.4 Å². The van der Waals surface area contributed by atoms with Crippen molar-refractivity contribution in [3.05, 3.63) is 84.9 Å². The van der Waals surface area contributed by atoms with E-state index in [1.165, 1.54) is 0 Å². The van der Waals surface area contributed by atoms with E-state index in [2.05, 4.69) is 10.6 Å². The van der Waals surface area contributed by atoms with Gasteiger partial charge in [-0.25, -0.2) is 0 Å². The fourth-order valence-corrected chi connectivity index (χ4v) is 6.70. The van der Waals surface area contributed by atoms with Crippen molar-refractivity contribution in [2.24, 2.45) is 11.8 Å². The van der Waals surface area contributed by atoms with Crippen LogP contribution in [0.3, 0.4) is 0 Å². The minimum atomic E-state index is -0.701. The Kier molecular flexibility index (Phi) is 6.98. The molecule has 6 rings (SSSR count). The van der Waals surface area contributed by atoms with E-state index in [0.29, 0.717) is 30.0 Å². The SMILES string of the molecule is COc1ccc(N2[C@H](C(=O)Nc3ccccc3)[C@H]3C[C@@H]4OC(C)(C)O[C@@H]4C[C@H]3[C@@H]2C(=O)Nc2ccccc2)cc1. The summed E-state index contributed by atoms with van der Waals surface area (Å²) in [7, 11) is 1.62. The van der Waals surface area contributed by atoms with Crippen molar-refractivity contribution in [1.82, 2.24) is 0 Å². The van der Waals surface area contributed by atoms with Crippen molar-refractivity contribution in [3.8, 4) is 5.75 Å². The van der Waals surface area contributed by atoms with Gasteiger partial charge >= 0.3 is 0 Å². The highest BCUT2D eigenvalue weighted by Gasteiger charge is 2.60. The third kappa shape index (κ3) is 5.05. The number of ether oxygens (including phenoxy) is 3. The molecule has 0 unspecified atom stereocenters. The molecule has 2 amide bonds. The zero-order valence-electron chi connectivity index (χ0n) is 22.9. The molecule has 1 aliphatic carbocycles. The number of anilines is 3. The lowest BCUT2D eigenvalue weighted by Crippen LogP contribution is -2.49. The number of hydrogen-bond donors (Lipinski definition) is 2. The van der Waals surface area contributed by atoms with Crippen LogP contribution in [-0.4, -0.2) is 49.0 Å². The Balaban J connectivity index is 1.42. The molecule has 2 aliphatic heterocycles. The van der Waals surface area contributed by atoms with Crippen molar-refractivity contribution in [2.75, 3.05) is 22.6 Å². The zero-order chi connectivity index (χ0) is 27.9. The summed E-state index contributed by atoms with van der Waals surface area (Å²) in [5.74, 6) is -0.554. The molecule has 8 heteroatoms. The molecule has 2 saturated heterocycles. The van der Waals surface area contributed by atoms with Gasteiger partial charge in [-0.3, -0.25) is 9.59 Å². The minimum absolute atomic E-state index is 0.129. The van der Waals surface area contributed by atoms with E-state index in [4.69, 9.17) is 14.2 Å². The van der Waals surface area contributed by atoms with Gasteiger partial charge in [-0.05, 0) is 87.1 Å². The van der Waals surface area contributed by atoms with Crippen molar-refractivity contribution in [2.45, 2.75) is 56.8 Å². The fourth-order valence-electron chi connectivity index (χ4n) is 6.70. The highest BCUT2D eigenvalue weighted by atomic mass is 16.7. The van der Waals surface area contributed by atoms with Crippen LogP contribution in [0, 0.1) is 11.8 Å². The molecular weight excluding hydrogens is 506 g/mol. The third-order valence-electron chi connectivity index (χ3n) is 8.24. The van der Waals surface area contributed by atoms with E-state index in [0.717, 1.165) is 5.69 Å². The van der Waals surface area contributed by atoms with Crippen LogP contribution in [0.25, 0.3) is 0 Å². The lowest BCUT2D eigenvalue weighted by molar-refractivity contribution is -0.146. The van der Waals surface area contributed by atoms with Gasteiger partial charge in [0.15, 0.2) is 5.79 Å². The lowest BCUT2D eigenvalue weighted by Gasteiger charge is -2.34. The molecule has 3 aliphatic rings. The molecule has 8 nitrogen and oxygen atoms in total. The van der Waals surface area contributed by atoms with E-state index in [1.807, 2.05) is 104 Å². The maximum absolute atomic E-state index is 14.1. The Morgan fingerprint density at radius 3 is 1.62 bits per heavy atom. The number of carbonyl (C=O) groups excluding carboxylic acids is 2. The summed E-state index contributed by atoms with van der Waals surface area (Å²) in [4.78, 5) is 30.3. The average Bonchev–Trinajstić information content (AvgIpc) is 3.44. The Hall–Kier alpha value is -3.88. The molecule has 0 spiro atoms. The maximum atomic E-state index is 14.1.